The van der Waals surface area contributed by atoms with E-state index in [0.717, 1.165) is 24.7 Å². The lowest BCUT2D eigenvalue weighted by Crippen LogP contribution is -2.28. The number of anilines is 1. The molecular formula is C11H18N4. The van der Waals surface area contributed by atoms with E-state index >= 15 is 0 Å². The summed E-state index contributed by atoms with van der Waals surface area (Å²) in [6.07, 6.45) is 2.38. The Hall–Kier alpha value is -1.03. The number of rotatable bonds is 2. The molecule has 3 rings (SSSR count). The largest absolute Gasteiger partial charge is 0.370 e. The molecule has 0 spiro atoms. The van der Waals surface area contributed by atoms with Crippen LogP contribution < -0.4 is 11.1 Å². The highest BCUT2D eigenvalue weighted by atomic mass is 15.4. The summed E-state index contributed by atoms with van der Waals surface area (Å²) in [6, 6.07) is 2.60. The zero-order chi connectivity index (χ0) is 10.4. The second kappa shape index (κ2) is 3.23. The van der Waals surface area contributed by atoms with Crippen LogP contribution >= 0.6 is 0 Å². The summed E-state index contributed by atoms with van der Waals surface area (Å²) in [5, 5.41) is 8.08. The van der Waals surface area contributed by atoms with Gasteiger partial charge < -0.3 is 11.1 Å². The molecule has 1 aliphatic carbocycles. The summed E-state index contributed by atoms with van der Waals surface area (Å²) >= 11 is 0. The molecule has 0 bridgehead atoms. The highest BCUT2D eigenvalue weighted by molar-refractivity contribution is 5.41. The van der Waals surface area contributed by atoms with Crippen LogP contribution in [0.2, 0.25) is 0 Å². The molecule has 15 heavy (non-hydrogen) atoms. The number of hydrogen-bond donors (Lipinski definition) is 2. The smallest absolute Gasteiger partial charge is 0.124 e. The second-order valence-electron chi connectivity index (χ2n) is 4.82. The van der Waals surface area contributed by atoms with Crippen molar-refractivity contribution in [3.63, 3.8) is 0 Å². The normalized spacial score (nSPS) is 33.3. The molecule has 1 aromatic heterocycles. The Morgan fingerprint density at radius 3 is 3.13 bits per heavy atom. The zero-order valence-corrected chi connectivity index (χ0v) is 9.11. The van der Waals surface area contributed by atoms with Gasteiger partial charge in [-0.05, 0) is 18.8 Å². The number of fused-ring (bicyclic) bond motifs is 1. The summed E-state index contributed by atoms with van der Waals surface area (Å²) in [7, 11) is 0. The van der Waals surface area contributed by atoms with Gasteiger partial charge in [0.15, 0.2) is 0 Å². The first kappa shape index (κ1) is 9.21. The topological polar surface area (TPSA) is 55.9 Å². The first-order valence-electron chi connectivity index (χ1n) is 5.83. The SMILES string of the molecule is CC1CC1c1cc2n(n1)C(CN)CCN2. The van der Waals surface area contributed by atoms with Crippen molar-refractivity contribution in [3.8, 4) is 0 Å². The predicted octanol–water partition coefficient (Wildman–Crippen LogP) is 1.32. The van der Waals surface area contributed by atoms with Crippen LogP contribution in [0.4, 0.5) is 5.82 Å². The standard InChI is InChI=1S/C11H18N4/c1-7-4-9(7)10-5-11-13-3-2-8(6-12)15(11)14-10/h5,7-9,13H,2-4,6,12H2,1H3. The first-order valence-corrected chi connectivity index (χ1v) is 5.83. The molecule has 1 aliphatic heterocycles. The van der Waals surface area contributed by atoms with Gasteiger partial charge in [0, 0.05) is 25.1 Å². The fraction of sp³-hybridized carbons (Fsp3) is 0.727. The Morgan fingerprint density at radius 1 is 1.67 bits per heavy atom. The zero-order valence-electron chi connectivity index (χ0n) is 9.11. The molecule has 1 fully saturated rings. The first-order chi connectivity index (χ1) is 7.29. The molecule has 82 valence electrons. The molecule has 0 radical (unpaired) electrons. The van der Waals surface area contributed by atoms with Gasteiger partial charge in [-0.25, -0.2) is 4.68 Å². The van der Waals surface area contributed by atoms with Gasteiger partial charge in [0.25, 0.3) is 0 Å². The average Bonchev–Trinajstić information content (AvgIpc) is 2.82. The molecule has 1 saturated carbocycles. The molecule has 3 atom stereocenters. The minimum Gasteiger partial charge on any atom is -0.370 e. The summed E-state index contributed by atoms with van der Waals surface area (Å²) in [6.45, 7) is 4.00. The number of nitrogens with zero attached hydrogens (tertiary/aromatic N) is 2. The maximum absolute atomic E-state index is 5.76. The monoisotopic (exact) mass is 206 g/mol. The highest BCUT2D eigenvalue weighted by Gasteiger charge is 2.37. The summed E-state index contributed by atoms with van der Waals surface area (Å²) < 4.78 is 2.09. The Labute approximate surface area is 89.8 Å². The van der Waals surface area contributed by atoms with E-state index in [4.69, 9.17) is 5.73 Å². The molecular weight excluding hydrogens is 188 g/mol. The molecule has 1 aromatic rings. The van der Waals surface area contributed by atoms with Crippen molar-refractivity contribution in [3.05, 3.63) is 11.8 Å². The van der Waals surface area contributed by atoms with Crippen molar-refractivity contribution >= 4 is 5.82 Å². The van der Waals surface area contributed by atoms with E-state index in [1.54, 1.807) is 0 Å². The van der Waals surface area contributed by atoms with Crippen LogP contribution in [-0.4, -0.2) is 22.9 Å². The lowest BCUT2D eigenvalue weighted by Gasteiger charge is -2.24. The fourth-order valence-corrected chi connectivity index (χ4v) is 2.45. The lowest BCUT2D eigenvalue weighted by atomic mass is 10.2. The minimum atomic E-state index is 0.393. The molecule has 4 heteroatoms. The fourth-order valence-electron chi connectivity index (χ4n) is 2.45. The van der Waals surface area contributed by atoms with E-state index in [0.29, 0.717) is 18.5 Å². The Balaban J connectivity index is 1.91. The molecule has 4 nitrogen and oxygen atoms in total. The molecule has 0 saturated heterocycles. The van der Waals surface area contributed by atoms with E-state index in [1.165, 1.54) is 12.1 Å². The Kier molecular flexibility index (Phi) is 1.99. The molecule has 3 N–H and O–H groups in total. The molecule has 0 amide bonds. The second-order valence-corrected chi connectivity index (χ2v) is 4.82. The predicted molar refractivity (Wildman–Crippen MR) is 59.9 cm³/mol. The minimum absolute atomic E-state index is 0.393. The van der Waals surface area contributed by atoms with Crippen LogP contribution in [0.5, 0.6) is 0 Å². The van der Waals surface area contributed by atoms with Gasteiger partial charge in [0.1, 0.15) is 5.82 Å². The van der Waals surface area contributed by atoms with Crippen LogP contribution in [-0.2, 0) is 0 Å². The third-order valence-corrected chi connectivity index (χ3v) is 3.65. The van der Waals surface area contributed by atoms with Crippen LogP contribution in [0.1, 0.15) is 37.4 Å². The summed E-state index contributed by atoms with van der Waals surface area (Å²) in [4.78, 5) is 0. The van der Waals surface area contributed by atoms with E-state index in [-0.39, 0.29) is 0 Å². The van der Waals surface area contributed by atoms with Crippen LogP contribution in [0, 0.1) is 5.92 Å². The van der Waals surface area contributed by atoms with Crippen molar-refractivity contribution in [1.29, 1.82) is 0 Å². The van der Waals surface area contributed by atoms with E-state index in [1.807, 2.05) is 0 Å². The van der Waals surface area contributed by atoms with Crippen molar-refractivity contribution in [2.75, 3.05) is 18.4 Å². The summed E-state index contributed by atoms with van der Waals surface area (Å²) in [5.74, 6) is 2.67. The third-order valence-electron chi connectivity index (χ3n) is 3.65. The number of hydrogen-bond acceptors (Lipinski definition) is 3. The number of nitrogens with two attached hydrogens (primary N) is 1. The van der Waals surface area contributed by atoms with Gasteiger partial charge >= 0.3 is 0 Å². The number of aromatic nitrogens is 2. The quantitative estimate of drug-likeness (QED) is 0.767. The van der Waals surface area contributed by atoms with E-state index in [2.05, 4.69) is 28.1 Å². The van der Waals surface area contributed by atoms with Gasteiger partial charge in [0.05, 0.1) is 11.7 Å². The molecule has 0 aromatic carbocycles. The van der Waals surface area contributed by atoms with Crippen molar-refractivity contribution in [2.24, 2.45) is 11.7 Å². The molecule has 3 unspecified atom stereocenters. The number of nitrogens with one attached hydrogen (secondary N) is 1. The van der Waals surface area contributed by atoms with Gasteiger partial charge in [-0.15, -0.1) is 0 Å². The maximum Gasteiger partial charge on any atom is 0.124 e. The van der Waals surface area contributed by atoms with Crippen LogP contribution in [0.25, 0.3) is 0 Å². The third kappa shape index (κ3) is 1.44. The van der Waals surface area contributed by atoms with E-state index in [9.17, 15) is 0 Å². The van der Waals surface area contributed by atoms with Crippen molar-refractivity contribution < 1.29 is 0 Å². The maximum atomic E-state index is 5.76. The van der Waals surface area contributed by atoms with Gasteiger partial charge in [-0.2, -0.15) is 5.10 Å². The highest BCUT2D eigenvalue weighted by Crippen LogP contribution is 2.47. The Bertz CT molecular complexity index is 371. The van der Waals surface area contributed by atoms with Gasteiger partial charge in [-0.1, -0.05) is 6.92 Å². The van der Waals surface area contributed by atoms with Gasteiger partial charge in [0.2, 0.25) is 0 Å². The Morgan fingerprint density at radius 2 is 2.47 bits per heavy atom. The van der Waals surface area contributed by atoms with Crippen molar-refractivity contribution in [2.45, 2.75) is 31.7 Å². The van der Waals surface area contributed by atoms with E-state index < -0.39 is 0 Å². The molecule has 2 heterocycles. The van der Waals surface area contributed by atoms with Crippen LogP contribution in [0.15, 0.2) is 6.07 Å². The average molecular weight is 206 g/mol. The lowest BCUT2D eigenvalue weighted by molar-refractivity contribution is 0.425. The molecule has 2 aliphatic rings. The van der Waals surface area contributed by atoms with Gasteiger partial charge in [-0.3, -0.25) is 0 Å². The van der Waals surface area contributed by atoms with Crippen LogP contribution in [0.3, 0.4) is 0 Å². The summed E-state index contributed by atoms with van der Waals surface area (Å²) in [5.41, 5.74) is 7.01. The van der Waals surface area contributed by atoms with Crippen molar-refractivity contribution in [1.82, 2.24) is 9.78 Å².